The summed E-state index contributed by atoms with van der Waals surface area (Å²) in [6, 6.07) is 14.6. The molecule has 0 fully saturated rings. The fourth-order valence-electron chi connectivity index (χ4n) is 1.83. The highest BCUT2D eigenvalue weighted by molar-refractivity contribution is 5.70. The monoisotopic (exact) mass is 316 g/mol. The average molecular weight is 316 g/mol. The molecule has 0 saturated carbocycles. The van der Waals surface area contributed by atoms with Crippen molar-refractivity contribution in [2.75, 3.05) is 12.3 Å². The maximum absolute atomic E-state index is 11.3. The molecule has 6 heteroatoms. The summed E-state index contributed by atoms with van der Waals surface area (Å²) in [6.45, 7) is 2.11. The summed E-state index contributed by atoms with van der Waals surface area (Å²) < 4.78 is 10.8. The Labute approximate surface area is 135 Å². The molecule has 0 spiro atoms. The van der Waals surface area contributed by atoms with Crippen LogP contribution in [-0.2, 0) is 16.2 Å². The van der Waals surface area contributed by atoms with Crippen LogP contribution in [0.15, 0.2) is 48.5 Å². The van der Waals surface area contributed by atoms with E-state index in [1.54, 1.807) is 32.2 Å². The quantitative estimate of drug-likeness (QED) is 0.625. The molecule has 2 aromatic rings. The highest BCUT2D eigenvalue weighted by atomic mass is 16.7. The van der Waals surface area contributed by atoms with Gasteiger partial charge >= 0.3 is 5.97 Å². The lowest BCUT2D eigenvalue weighted by atomic mass is 10.2. The number of hydrogen-bond donors (Lipinski definition) is 1. The summed E-state index contributed by atoms with van der Waals surface area (Å²) >= 11 is 0. The van der Waals surface area contributed by atoms with Gasteiger partial charge in [-0.3, -0.25) is 0 Å². The Kier molecular flexibility index (Phi) is 5.82. The normalized spacial score (nSPS) is 10.0. The molecule has 122 valence electrons. The van der Waals surface area contributed by atoms with Crippen LogP contribution < -0.4 is 20.5 Å². The van der Waals surface area contributed by atoms with Gasteiger partial charge in [-0.15, -0.1) is 5.17 Å². The minimum absolute atomic E-state index is 0.251. The molecule has 6 nitrogen and oxygen atoms in total. The molecule has 0 aliphatic heterocycles. The first-order chi connectivity index (χ1) is 11.1. The predicted molar refractivity (Wildman–Crippen MR) is 86.8 cm³/mol. The number of nitrogens with zero attached hydrogens (tertiary/aromatic N) is 1. The zero-order chi connectivity index (χ0) is 16.7. The molecule has 2 aromatic carbocycles. The number of rotatable bonds is 7. The summed E-state index contributed by atoms with van der Waals surface area (Å²) in [7, 11) is 1.63. The molecule has 0 radical (unpaired) electrons. The number of anilines is 1. The Hall–Kier alpha value is -2.73. The van der Waals surface area contributed by atoms with Gasteiger partial charge in [-0.1, -0.05) is 25.1 Å². The van der Waals surface area contributed by atoms with Crippen molar-refractivity contribution < 1.29 is 19.1 Å². The van der Waals surface area contributed by atoms with Crippen molar-refractivity contribution in [3.8, 4) is 11.5 Å². The maximum Gasteiger partial charge on any atom is 0.334 e. The zero-order valence-corrected chi connectivity index (χ0v) is 13.2. The van der Waals surface area contributed by atoms with Crippen LogP contribution in [0.5, 0.6) is 11.5 Å². The lowest BCUT2D eigenvalue weighted by Gasteiger charge is -2.17. The van der Waals surface area contributed by atoms with Crippen LogP contribution in [0.4, 0.5) is 5.69 Å². The number of methoxy groups -OCH3 is 1. The Morgan fingerprint density at radius 1 is 1.13 bits per heavy atom. The smallest absolute Gasteiger partial charge is 0.334 e. The maximum atomic E-state index is 11.3. The van der Waals surface area contributed by atoms with Crippen LogP contribution in [0, 0.1) is 0 Å². The second-order valence-electron chi connectivity index (χ2n) is 4.78. The van der Waals surface area contributed by atoms with Gasteiger partial charge in [-0.05, 0) is 29.8 Å². The summed E-state index contributed by atoms with van der Waals surface area (Å²) in [5.74, 6) is 6.72. The van der Waals surface area contributed by atoms with E-state index in [-0.39, 0.29) is 6.42 Å². The Morgan fingerprint density at radius 3 is 2.52 bits per heavy atom. The van der Waals surface area contributed by atoms with E-state index in [4.69, 9.17) is 20.2 Å². The van der Waals surface area contributed by atoms with Crippen molar-refractivity contribution in [1.29, 1.82) is 0 Å². The number of carbonyl (C=O) groups is 1. The third kappa shape index (κ3) is 4.89. The summed E-state index contributed by atoms with van der Waals surface area (Å²) in [5.41, 5.74) is 1.54. The molecule has 0 atom stereocenters. The first-order valence-corrected chi connectivity index (χ1v) is 7.23. The van der Waals surface area contributed by atoms with E-state index in [1.807, 2.05) is 30.3 Å². The van der Waals surface area contributed by atoms with Crippen molar-refractivity contribution in [3.63, 3.8) is 0 Å². The molecule has 0 unspecified atom stereocenters. The summed E-state index contributed by atoms with van der Waals surface area (Å²) in [6.07, 6.45) is 0.251. The Balaban J connectivity index is 1.97. The van der Waals surface area contributed by atoms with Crippen LogP contribution in [0.3, 0.4) is 0 Å². The van der Waals surface area contributed by atoms with Crippen molar-refractivity contribution in [1.82, 2.24) is 0 Å². The number of benzene rings is 2. The van der Waals surface area contributed by atoms with E-state index in [0.29, 0.717) is 18.0 Å². The molecule has 0 aliphatic rings. The van der Waals surface area contributed by atoms with Gasteiger partial charge in [-0.25, -0.2) is 10.6 Å². The van der Waals surface area contributed by atoms with Gasteiger partial charge in [0.15, 0.2) is 0 Å². The van der Waals surface area contributed by atoms with Crippen molar-refractivity contribution in [3.05, 3.63) is 54.1 Å². The second-order valence-corrected chi connectivity index (χ2v) is 4.78. The van der Waals surface area contributed by atoms with Gasteiger partial charge in [0.1, 0.15) is 18.1 Å². The second kappa shape index (κ2) is 8.05. The van der Waals surface area contributed by atoms with Gasteiger partial charge in [0.25, 0.3) is 0 Å². The molecule has 0 aromatic heterocycles. The van der Waals surface area contributed by atoms with Crippen LogP contribution in [0.2, 0.25) is 0 Å². The number of hydrogen-bond acceptors (Lipinski definition) is 6. The molecule has 0 heterocycles. The SMILES string of the molecule is CCC(=O)ON(N)c1cccc(OCc2ccc(OC)cc2)c1. The highest BCUT2D eigenvalue weighted by Gasteiger charge is 2.08. The fourth-order valence-corrected chi connectivity index (χ4v) is 1.83. The van der Waals surface area contributed by atoms with E-state index in [9.17, 15) is 4.79 Å². The van der Waals surface area contributed by atoms with Crippen LogP contribution in [-0.4, -0.2) is 13.1 Å². The zero-order valence-electron chi connectivity index (χ0n) is 13.2. The Bertz CT molecular complexity index is 643. The molecule has 0 bridgehead atoms. The van der Waals surface area contributed by atoms with Crippen LogP contribution >= 0.6 is 0 Å². The lowest BCUT2D eigenvalue weighted by Crippen LogP contribution is -2.33. The lowest BCUT2D eigenvalue weighted by molar-refractivity contribution is -0.144. The van der Waals surface area contributed by atoms with Crippen molar-refractivity contribution >= 4 is 11.7 Å². The topological polar surface area (TPSA) is 74.0 Å². The number of nitrogens with two attached hydrogens (primary N) is 1. The number of carbonyl (C=O) groups excluding carboxylic acids is 1. The standard InChI is InChI=1S/C17H20N2O4/c1-3-17(20)23-19(18)14-5-4-6-16(11-14)22-12-13-7-9-15(21-2)10-8-13/h4-11H,3,12,18H2,1-2H3. The molecular weight excluding hydrogens is 296 g/mol. The van der Waals surface area contributed by atoms with Gasteiger partial charge < -0.3 is 14.3 Å². The average Bonchev–Trinajstić information content (AvgIpc) is 2.60. The van der Waals surface area contributed by atoms with Gasteiger partial charge in [0.05, 0.1) is 12.8 Å². The molecule has 0 aliphatic carbocycles. The summed E-state index contributed by atoms with van der Waals surface area (Å²) in [4.78, 5) is 16.2. The first-order valence-electron chi connectivity index (χ1n) is 7.23. The van der Waals surface area contributed by atoms with E-state index in [0.717, 1.165) is 16.5 Å². The number of hydrazine groups is 1. The largest absolute Gasteiger partial charge is 0.497 e. The highest BCUT2D eigenvalue weighted by Crippen LogP contribution is 2.21. The molecule has 0 saturated heterocycles. The van der Waals surface area contributed by atoms with E-state index in [1.165, 1.54) is 0 Å². The van der Waals surface area contributed by atoms with E-state index in [2.05, 4.69) is 0 Å². The molecule has 0 amide bonds. The van der Waals surface area contributed by atoms with E-state index >= 15 is 0 Å². The van der Waals surface area contributed by atoms with Gasteiger partial charge in [0.2, 0.25) is 0 Å². The minimum atomic E-state index is -0.406. The van der Waals surface area contributed by atoms with Crippen LogP contribution in [0.1, 0.15) is 18.9 Å². The van der Waals surface area contributed by atoms with Gasteiger partial charge in [-0.2, -0.15) is 0 Å². The predicted octanol–water partition coefficient (Wildman–Crippen LogP) is 2.82. The van der Waals surface area contributed by atoms with Crippen molar-refractivity contribution in [2.45, 2.75) is 20.0 Å². The molecular formula is C17H20N2O4. The number of ether oxygens (including phenoxy) is 2. The molecule has 23 heavy (non-hydrogen) atoms. The first kappa shape index (κ1) is 16.6. The summed E-state index contributed by atoms with van der Waals surface area (Å²) in [5, 5.41) is 0.937. The van der Waals surface area contributed by atoms with Crippen LogP contribution in [0.25, 0.3) is 0 Å². The third-order valence-corrected chi connectivity index (χ3v) is 3.13. The third-order valence-electron chi connectivity index (χ3n) is 3.13. The fraction of sp³-hybridized carbons (Fsp3) is 0.235. The van der Waals surface area contributed by atoms with E-state index < -0.39 is 5.97 Å². The molecule has 2 rings (SSSR count). The minimum Gasteiger partial charge on any atom is -0.497 e. The molecule has 2 N–H and O–H groups in total. The Morgan fingerprint density at radius 2 is 1.87 bits per heavy atom. The van der Waals surface area contributed by atoms with Crippen molar-refractivity contribution in [2.24, 2.45) is 5.84 Å². The van der Waals surface area contributed by atoms with Gasteiger partial charge in [0, 0.05) is 12.5 Å².